The van der Waals surface area contributed by atoms with E-state index in [9.17, 15) is 9.18 Å². The summed E-state index contributed by atoms with van der Waals surface area (Å²) in [6, 6.07) is 12.9. The van der Waals surface area contributed by atoms with Crippen LogP contribution in [-0.2, 0) is 13.1 Å². The van der Waals surface area contributed by atoms with Gasteiger partial charge in [-0.05, 0) is 55.8 Å². The number of aliphatic imine (C=N–C) groups is 1. The van der Waals surface area contributed by atoms with Gasteiger partial charge in [0.25, 0.3) is 5.91 Å². The lowest BCUT2D eigenvalue weighted by molar-refractivity contribution is 0.0977. The van der Waals surface area contributed by atoms with Gasteiger partial charge in [-0.25, -0.2) is 9.38 Å². The van der Waals surface area contributed by atoms with Crippen LogP contribution < -0.4 is 10.6 Å². The fourth-order valence-corrected chi connectivity index (χ4v) is 3.22. The fourth-order valence-electron chi connectivity index (χ4n) is 2.82. The molecule has 8 heteroatoms. The number of guanidine groups is 1. The number of aryl methyl sites for hydroxylation is 2. The monoisotopic (exact) mass is 471 g/mol. The minimum atomic E-state index is -0.396. The number of hydrogen-bond acceptors (Lipinski definition) is 3. The third-order valence-corrected chi connectivity index (χ3v) is 4.83. The van der Waals surface area contributed by atoms with Crippen LogP contribution in [0.3, 0.4) is 0 Å². The Kier molecular flexibility index (Phi) is 7.35. The molecule has 30 heavy (non-hydrogen) atoms. The molecule has 0 aliphatic heterocycles. The van der Waals surface area contributed by atoms with Crippen LogP contribution in [0, 0.1) is 12.7 Å². The second-order valence-corrected chi connectivity index (χ2v) is 7.68. The van der Waals surface area contributed by atoms with Gasteiger partial charge in [0.2, 0.25) is 5.96 Å². The number of aromatic nitrogens is 2. The minimum absolute atomic E-state index is 0.296. The second-order valence-electron chi connectivity index (χ2n) is 6.76. The van der Waals surface area contributed by atoms with Gasteiger partial charge in [0, 0.05) is 34.0 Å². The van der Waals surface area contributed by atoms with Crippen molar-refractivity contribution in [3.63, 3.8) is 0 Å². The van der Waals surface area contributed by atoms with E-state index in [0.29, 0.717) is 18.1 Å². The van der Waals surface area contributed by atoms with Crippen molar-refractivity contribution in [2.45, 2.75) is 33.4 Å². The Morgan fingerprint density at radius 3 is 2.70 bits per heavy atom. The average molecular weight is 472 g/mol. The number of halogens is 2. The minimum Gasteiger partial charge on any atom is -0.326 e. The molecule has 2 aromatic carbocycles. The first-order chi connectivity index (χ1) is 14.4. The Bertz CT molecular complexity index is 1050. The number of amides is 1. The van der Waals surface area contributed by atoms with Crippen LogP contribution in [0.4, 0.5) is 10.1 Å². The number of benzene rings is 2. The van der Waals surface area contributed by atoms with Gasteiger partial charge in [0.15, 0.2) is 0 Å². The second kappa shape index (κ2) is 10.2. The molecular weight excluding hydrogens is 449 g/mol. The largest absolute Gasteiger partial charge is 0.326 e. The van der Waals surface area contributed by atoms with Gasteiger partial charge in [-0.2, -0.15) is 5.10 Å². The number of nitrogens with one attached hydrogen (secondary N) is 2. The summed E-state index contributed by atoms with van der Waals surface area (Å²) in [4.78, 5) is 17.2. The highest BCUT2D eigenvalue weighted by Gasteiger charge is 2.11. The van der Waals surface area contributed by atoms with E-state index in [0.717, 1.165) is 34.4 Å². The van der Waals surface area contributed by atoms with Crippen LogP contribution in [-0.4, -0.2) is 21.6 Å². The Morgan fingerprint density at radius 1 is 1.23 bits per heavy atom. The summed E-state index contributed by atoms with van der Waals surface area (Å²) in [7, 11) is 0. The zero-order valence-electron chi connectivity index (χ0n) is 16.8. The SMILES string of the molecule is CCCn1cc(CN=C(NC(=O)c2ccc(F)cc2)Nc2cccc(Br)c2)c(C)n1. The van der Waals surface area contributed by atoms with E-state index in [-0.39, 0.29) is 5.91 Å². The zero-order valence-corrected chi connectivity index (χ0v) is 18.4. The Hall–Kier alpha value is -3.00. The van der Waals surface area contributed by atoms with Gasteiger partial charge < -0.3 is 5.32 Å². The van der Waals surface area contributed by atoms with Crippen LogP contribution in [0.2, 0.25) is 0 Å². The molecule has 0 atom stereocenters. The standard InChI is InChI=1S/C22H23BrFN5O/c1-3-11-29-14-17(15(2)28-29)13-25-22(26-20-6-4-5-18(23)12-20)27-21(30)16-7-9-19(24)10-8-16/h4-10,12,14H,3,11,13H2,1-2H3,(H2,25,26,27,30). The maximum Gasteiger partial charge on any atom is 0.257 e. The third kappa shape index (κ3) is 6.00. The number of carbonyl (C=O) groups excluding carboxylic acids is 1. The van der Waals surface area contributed by atoms with E-state index in [1.54, 1.807) is 0 Å². The number of nitrogens with zero attached hydrogens (tertiary/aromatic N) is 3. The Morgan fingerprint density at radius 2 is 2.00 bits per heavy atom. The van der Waals surface area contributed by atoms with Gasteiger partial charge >= 0.3 is 0 Å². The summed E-state index contributed by atoms with van der Waals surface area (Å²) < 4.78 is 16.0. The first-order valence-electron chi connectivity index (χ1n) is 9.61. The molecule has 1 amide bonds. The molecule has 156 valence electrons. The van der Waals surface area contributed by atoms with E-state index in [2.05, 4.69) is 43.6 Å². The van der Waals surface area contributed by atoms with Crippen molar-refractivity contribution in [2.24, 2.45) is 4.99 Å². The molecule has 0 radical (unpaired) electrons. The van der Waals surface area contributed by atoms with E-state index in [1.165, 1.54) is 24.3 Å². The van der Waals surface area contributed by atoms with Crippen molar-refractivity contribution in [3.8, 4) is 0 Å². The van der Waals surface area contributed by atoms with E-state index in [1.807, 2.05) is 42.1 Å². The van der Waals surface area contributed by atoms with E-state index >= 15 is 0 Å². The lowest BCUT2D eigenvalue weighted by atomic mass is 10.2. The van der Waals surface area contributed by atoms with Gasteiger partial charge in [0.05, 0.1) is 12.2 Å². The number of hydrogen-bond donors (Lipinski definition) is 2. The van der Waals surface area contributed by atoms with Gasteiger partial charge in [-0.3, -0.25) is 14.8 Å². The topological polar surface area (TPSA) is 71.3 Å². The first-order valence-corrected chi connectivity index (χ1v) is 10.4. The number of rotatable bonds is 6. The molecular formula is C22H23BrFN5O. The van der Waals surface area contributed by atoms with E-state index < -0.39 is 5.82 Å². The third-order valence-electron chi connectivity index (χ3n) is 4.33. The Labute approximate surface area is 183 Å². The fraction of sp³-hybridized carbons (Fsp3) is 0.227. The molecule has 3 rings (SSSR count). The van der Waals surface area contributed by atoms with Crippen molar-refractivity contribution >= 4 is 33.5 Å². The molecule has 0 spiro atoms. The summed E-state index contributed by atoms with van der Waals surface area (Å²) in [5.41, 5.74) is 2.99. The van der Waals surface area contributed by atoms with Crippen LogP contribution in [0.5, 0.6) is 0 Å². The number of carbonyl (C=O) groups is 1. The quantitative estimate of drug-likeness (QED) is 0.396. The van der Waals surface area contributed by atoms with Crippen molar-refractivity contribution in [1.29, 1.82) is 0 Å². The summed E-state index contributed by atoms with van der Waals surface area (Å²) in [5, 5.41) is 10.4. The molecule has 0 bridgehead atoms. The van der Waals surface area contributed by atoms with Crippen LogP contribution in [0.15, 0.2) is 64.2 Å². The molecule has 6 nitrogen and oxygen atoms in total. The smallest absolute Gasteiger partial charge is 0.257 e. The molecule has 0 saturated heterocycles. The molecule has 3 aromatic rings. The van der Waals surface area contributed by atoms with Crippen molar-refractivity contribution < 1.29 is 9.18 Å². The predicted octanol–water partition coefficient (Wildman–Crippen LogP) is 4.90. The molecule has 0 saturated carbocycles. The molecule has 0 aliphatic rings. The summed E-state index contributed by atoms with van der Waals surface area (Å²) >= 11 is 3.44. The van der Waals surface area contributed by atoms with Crippen molar-refractivity contribution in [1.82, 2.24) is 15.1 Å². The van der Waals surface area contributed by atoms with Gasteiger partial charge in [-0.15, -0.1) is 0 Å². The number of anilines is 1. The lowest BCUT2D eigenvalue weighted by Gasteiger charge is -2.12. The molecule has 0 unspecified atom stereocenters. The first kappa shape index (κ1) is 21.7. The highest BCUT2D eigenvalue weighted by atomic mass is 79.9. The predicted molar refractivity (Wildman–Crippen MR) is 120 cm³/mol. The van der Waals surface area contributed by atoms with Crippen molar-refractivity contribution in [2.75, 3.05) is 5.32 Å². The van der Waals surface area contributed by atoms with Gasteiger partial charge in [-0.1, -0.05) is 28.9 Å². The maximum absolute atomic E-state index is 13.2. The summed E-state index contributed by atoms with van der Waals surface area (Å²) in [6.45, 7) is 5.24. The maximum atomic E-state index is 13.2. The van der Waals surface area contributed by atoms with Gasteiger partial charge in [0.1, 0.15) is 5.82 Å². The highest BCUT2D eigenvalue weighted by molar-refractivity contribution is 9.10. The van der Waals surface area contributed by atoms with Crippen molar-refractivity contribution in [3.05, 3.63) is 81.8 Å². The molecule has 2 N–H and O–H groups in total. The molecule has 1 heterocycles. The normalized spacial score (nSPS) is 11.4. The molecule has 0 aliphatic carbocycles. The Balaban J connectivity index is 1.81. The lowest BCUT2D eigenvalue weighted by Crippen LogP contribution is -2.36. The highest BCUT2D eigenvalue weighted by Crippen LogP contribution is 2.16. The van der Waals surface area contributed by atoms with E-state index in [4.69, 9.17) is 0 Å². The summed E-state index contributed by atoms with van der Waals surface area (Å²) in [6.07, 6.45) is 2.97. The average Bonchev–Trinajstić information content (AvgIpc) is 3.06. The summed E-state index contributed by atoms with van der Waals surface area (Å²) in [5.74, 6) is -0.480. The molecule has 0 fully saturated rings. The van der Waals surface area contributed by atoms with Crippen LogP contribution >= 0.6 is 15.9 Å². The van der Waals surface area contributed by atoms with Crippen LogP contribution in [0.1, 0.15) is 35.0 Å². The zero-order chi connectivity index (χ0) is 21.5. The molecule has 1 aromatic heterocycles. The van der Waals surface area contributed by atoms with Crippen LogP contribution in [0.25, 0.3) is 0 Å².